The summed E-state index contributed by atoms with van der Waals surface area (Å²) in [4.78, 5) is 46.0. The van der Waals surface area contributed by atoms with Crippen molar-refractivity contribution in [2.24, 2.45) is 10.9 Å². The molecular weight excluding hydrogens is 436 g/mol. The van der Waals surface area contributed by atoms with Gasteiger partial charge in [-0.05, 0) is 56.2 Å². The van der Waals surface area contributed by atoms with Crippen LogP contribution in [-0.4, -0.2) is 64.6 Å². The molecule has 2 aliphatic heterocycles. The Hall–Kier alpha value is -2.35. The highest BCUT2D eigenvalue weighted by Crippen LogP contribution is 2.29. The summed E-state index contributed by atoms with van der Waals surface area (Å²) in [6, 6.07) is 7.06. The molecule has 4 rings (SSSR count). The first-order valence-corrected chi connectivity index (χ1v) is 13.1. The Labute approximate surface area is 200 Å². The van der Waals surface area contributed by atoms with Crippen LogP contribution in [0.3, 0.4) is 0 Å². The van der Waals surface area contributed by atoms with Crippen molar-refractivity contribution in [3.63, 3.8) is 0 Å². The molecule has 1 saturated carbocycles. The van der Waals surface area contributed by atoms with Crippen LogP contribution in [0.2, 0.25) is 0 Å². The lowest BCUT2D eigenvalue weighted by atomic mass is 9.89. The minimum absolute atomic E-state index is 0.0298. The molecule has 0 aromatic heterocycles. The van der Waals surface area contributed by atoms with E-state index < -0.39 is 5.25 Å². The fourth-order valence-electron chi connectivity index (χ4n) is 4.90. The maximum atomic E-state index is 12.9. The van der Waals surface area contributed by atoms with Crippen LogP contribution in [0.1, 0.15) is 68.1 Å². The summed E-state index contributed by atoms with van der Waals surface area (Å²) in [5.74, 6) is 0.0759. The number of likely N-dealkylation sites (tertiary alicyclic amines) is 1. The second-order valence-electron chi connectivity index (χ2n) is 9.41. The minimum atomic E-state index is -0.478. The third-order valence-corrected chi connectivity index (χ3v) is 7.94. The number of aliphatic imine (C=N–C) groups is 1. The number of amidine groups is 1. The average Bonchev–Trinajstić information content (AvgIpc) is 3.20. The Morgan fingerprint density at radius 1 is 1.12 bits per heavy atom. The van der Waals surface area contributed by atoms with Gasteiger partial charge in [0.25, 0.3) is 11.8 Å². The molecule has 1 unspecified atom stereocenters. The zero-order valence-corrected chi connectivity index (χ0v) is 20.2. The van der Waals surface area contributed by atoms with Crippen LogP contribution in [0.5, 0.6) is 0 Å². The quantitative estimate of drug-likeness (QED) is 0.675. The molecule has 0 radical (unpaired) electrons. The van der Waals surface area contributed by atoms with E-state index in [1.165, 1.54) is 50.3 Å². The van der Waals surface area contributed by atoms with E-state index in [1.807, 2.05) is 7.05 Å². The third kappa shape index (κ3) is 6.37. The molecule has 2 fully saturated rings. The number of nitrogens with one attached hydrogen (secondary N) is 1. The van der Waals surface area contributed by atoms with Gasteiger partial charge < -0.3 is 15.1 Å². The van der Waals surface area contributed by atoms with Gasteiger partial charge in [0.2, 0.25) is 5.91 Å². The van der Waals surface area contributed by atoms with E-state index in [9.17, 15) is 14.4 Å². The normalized spacial score (nSPS) is 21.6. The van der Waals surface area contributed by atoms with Gasteiger partial charge in [0.15, 0.2) is 5.17 Å². The number of anilines is 1. The van der Waals surface area contributed by atoms with Crippen LogP contribution in [0, 0.1) is 5.92 Å². The number of hydrogen-bond donors (Lipinski definition) is 1. The molecule has 33 heavy (non-hydrogen) atoms. The van der Waals surface area contributed by atoms with E-state index in [4.69, 9.17) is 0 Å². The van der Waals surface area contributed by atoms with Crippen molar-refractivity contribution in [1.29, 1.82) is 0 Å². The van der Waals surface area contributed by atoms with E-state index >= 15 is 0 Å². The molecule has 1 aromatic rings. The van der Waals surface area contributed by atoms with Crippen molar-refractivity contribution in [2.75, 3.05) is 32.0 Å². The number of hydrogen-bond acceptors (Lipinski definition) is 5. The molecule has 8 heteroatoms. The highest BCUT2D eigenvalue weighted by atomic mass is 32.2. The van der Waals surface area contributed by atoms with E-state index in [0.717, 1.165) is 37.6 Å². The second-order valence-corrected chi connectivity index (χ2v) is 10.6. The van der Waals surface area contributed by atoms with Gasteiger partial charge in [-0.15, -0.1) is 0 Å². The lowest BCUT2D eigenvalue weighted by Gasteiger charge is -2.27. The maximum absolute atomic E-state index is 12.9. The predicted molar refractivity (Wildman–Crippen MR) is 132 cm³/mol. The van der Waals surface area contributed by atoms with Crippen LogP contribution >= 0.6 is 11.8 Å². The number of thioether (sulfide) groups is 1. The van der Waals surface area contributed by atoms with Crippen LogP contribution in [0.15, 0.2) is 29.3 Å². The van der Waals surface area contributed by atoms with Gasteiger partial charge in [-0.25, -0.2) is 0 Å². The summed E-state index contributed by atoms with van der Waals surface area (Å²) in [5, 5.41) is 3.14. The summed E-state index contributed by atoms with van der Waals surface area (Å²) in [7, 11) is 1.85. The monoisotopic (exact) mass is 470 g/mol. The number of amides is 3. The van der Waals surface area contributed by atoms with Gasteiger partial charge in [-0.1, -0.05) is 37.1 Å². The zero-order chi connectivity index (χ0) is 23.2. The maximum Gasteiger partial charge on any atom is 0.262 e. The number of nitrogens with zero attached hydrogens (tertiary/aromatic N) is 3. The molecule has 1 saturated heterocycles. The second kappa shape index (κ2) is 11.2. The molecule has 1 aromatic carbocycles. The molecule has 3 aliphatic rings. The first-order chi connectivity index (χ1) is 16.0. The highest BCUT2D eigenvalue weighted by molar-refractivity contribution is 8.15. The molecule has 7 nitrogen and oxygen atoms in total. The molecule has 1 aliphatic carbocycles. The molecule has 0 bridgehead atoms. The van der Waals surface area contributed by atoms with Crippen molar-refractivity contribution < 1.29 is 14.4 Å². The topological polar surface area (TPSA) is 82.1 Å². The lowest BCUT2D eigenvalue weighted by Crippen LogP contribution is -2.33. The molecule has 0 spiro atoms. The molecule has 178 valence electrons. The van der Waals surface area contributed by atoms with E-state index in [1.54, 1.807) is 29.2 Å². The fourth-order valence-corrected chi connectivity index (χ4v) is 6.02. The van der Waals surface area contributed by atoms with Crippen molar-refractivity contribution in [1.82, 2.24) is 9.80 Å². The van der Waals surface area contributed by atoms with Crippen molar-refractivity contribution >= 4 is 40.3 Å². The summed E-state index contributed by atoms with van der Waals surface area (Å²) in [6.45, 7) is 2.62. The van der Waals surface area contributed by atoms with Gasteiger partial charge in [0.1, 0.15) is 5.25 Å². The van der Waals surface area contributed by atoms with Crippen molar-refractivity contribution in [3.05, 3.63) is 29.8 Å². The van der Waals surface area contributed by atoms with Crippen LogP contribution in [0.4, 0.5) is 5.69 Å². The predicted octanol–water partition coefficient (Wildman–Crippen LogP) is 4.15. The highest BCUT2D eigenvalue weighted by Gasteiger charge is 2.33. The van der Waals surface area contributed by atoms with Gasteiger partial charge >= 0.3 is 0 Å². The standard InChI is InChI=1S/C25H34N4O3S/c1-28(17-18-9-4-2-5-10-18)24(32)19-11-8-12-20(15-19)26-22(30)16-21-23(31)27-25(33-21)29-13-6-3-7-14-29/h8,11-12,15,18,21H,2-7,9-10,13-14,16-17H2,1H3,(H,26,30). The number of carbonyl (C=O) groups excluding carboxylic acids is 3. The lowest BCUT2D eigenvalue weighted by molar-refractivity contribution is -0.121. The van der Waals surface area contributed by atoms with E-state index in [0.29, 0.717) is 17.2 Å². The molecule has 3 amide bonds. The molecule has 2 heterocycles. The largest absolute Gasteiger partial charge is 0.351 e. The van der Waals surface area contributed by atoms with Gasteiger partial charge in [-0.2, -0.15) is 4.99 Å². The van der Waals surface area contributed by atoms with E-state index in [2.05, 4.69) is 15.2 Å². The Kier molecular flexibility index (Phi) is 8.06. The van der Waals surface area contributed by atoms with Gasteiger partial charge in [0.05, 0.1) is 0 Å². The number of benzene rings is 1. The summed E-state index contributed by atoms with van der Waals surface area (Å²) in [5.41, 5.74) is 1.14. The Morgan fingerprint density at radius 2 is 1.85 bits per heavy atom. The Morgan fingerprint density at radius 3 is 2.61 bits per heavy atom. The number of rotatable bonds is 6. The number of piperidine rings is 1. The van der Waals surface area contributed by atoms with Gasteiger partial charge in [-0.3, -0.25) is 14.4 Å². The number of carbonyl (C=O) groups is 3. The summed E-state index contributed by atoms with van der Waals surface area (Å²) >= 11 is 1.40. The first kappa shape index (κ1) is 23.8. The molecule has 1 atom stereocenters. The minimum Gasteiger partial charge on any atom is -0.351 e. The van der Waals surface area contributed by atoms with Crippen molar-refractivity contribution in [2.45, 2.75) is 63.0 Å². The fraction of sp³-hybridized carbons (Fsp3) is 0.600. The summed E-state index contributed by atoms with van der Waals surface area (Å²) < 4.78 is 0. The van der Waals surface area contributed by atoms with E-state index in [-0.39, 0.29) is 24.1 Å². The third-order valence-electron chi connectivity index (χ3n) is 6.72. The molecule has 1 N–H and O–H groups in total. The van der Waals surface area contributed by atoms with Crippen LogP contribution < -0.4 is 5.32 Å². The smallest absolute Gasteiger partial charge is 0.262 e. The SMILES string of the molecule is CN(CC1CCCCC1)C(=O)c1cccc(NC(=O)CC2SC(N3CCCCC3)=NC2=O)c1. The van der Waals surface area contributed by atoms with Crippen LogP contribution in [0.25, 0.3) is 0 Å². The van der Waals surface area contributed by atoms with Crippen LogP contribution in [-0.2, 0) is 9.59 Å². The Balaban J connectivity index is 1.29. The first-order valence-electron chi connectivity index (χ1n) is 12.2. The Bertz CT molecular complexity index is 907. The van der Waals surface area contributed by atoms with Crippen molar-refractivity contribution in [3.8, 4) is 0 Å². The zero-order valence-electron chi connectivity index (χ0n) is 19.4. The molecular formula is C25H34N4O3S. The summed E-state index contributed by atoms with van der Waals surface area (Å²) in [6.07, 6.45) is 9.70. The average molecular weight is 471 g/mol. The van der Waals surface area contributed by atoms with Gasteiger partial charge in [0, 0.05) is 44.4 Å².